The summed E-state index contributed by atoms with van der Waals surface area (Å²) in [7, 11) is -2.26. The quantitative estimate of drug-likeness (QED) is 0.770. The number of anilines is 3. The van der Waals surface area contributed by atoms with Crippen LogP contribution in [0.5, 0.6) is 0 Å². The molecule has 0 saturated carbocycles. The van der Waals surface area contributed by atoms with Crippen molar-refractivity contribution in [3.63, 3.8) is 0 Å². The van der Waals surface area contributed by atoms with Crippen LogP contribution in [0.1, 0.15) is 6.92 Å². The summed E-state index contributed by atoms with van der Waals surface area (Å²) in [4.78, 5) is 10.9. The number of hydrogen-bond donors (Lipinski definition) is 3. The molecule has 9 heteroatoms. The lowest BCUT2D eigenvalue weighted by molar-refractivity contribution is -0.114. The highest BCUT2D eigenvalue weighted by molar-refractivity contribution is 7.92. The molecule has 0 atom stereocenters. The Bertz CT molecular complexity index is 782. The first-order valence-corrected chi connectivity index (χ1v) is 7.46. The van der Waals surface area contributed by atoms with Gasteiger partial charge in [0.05, 0.1) is 5.69 Å². The van der Waals surface area contributed by atoms with E-state index in [1.165, 1.54) is 23.9 Å². The van der Waals surface area contributed by atoms with Crippen LogP contribution in [0.15, 0.2) is 35.4 Å². The normalized spacial score (nSPS) is 11.1. The van der Waals surface area contributed by atoms with Crippen LogP contribution in [0.3, 0.4) is 0 Å². The second kappa shape index (κ2) is 5.44. The first-order chi connectivity index (χ1) is 9.78. The molecular weight excluding hydrogens is 294 g/mol. The van der Waals surface area contributed by atoms with E-state index in [0.29, 0.717) is 11.4 Å². The predicted molar refractivity (Wildman–Crippen MR) is 79.2 cm³/mol. The SMILES string of the molecule is CC(=O)Nc1cccc(NS(=O)(=O)c2cn(C)nc2N)c1. The molecule has 1 aromatic heterocycles. The molecule has 1 heterocycles. The Morgan fingerprint density at radius 3 is 2.57 bits per heavy atom. The Morgan fingerprint density at radius 2 is 2.00 bits per heavy atom. The molecule has 0 spiro atoms. The molecule has 0 bridgehead atoms. The molecule has 0 aliphatic carbocycles. The minimum absolute atomic E-state index is 0.0805. The number of sulfonamides is 1. The fraction of sp³-hybridized carbons (Fsp3) is 0.167. The summed E-state index contributed by atoms with van der Waals surface area (Å²) in [5, 5.41) is 6.37. The highest BCUT2D eigenvalue weighted by Gasteiger charge is 2.20. The Kier molecular flexibility index (Phi) is 3.85. The Balaban J connectivity index is 2.28. The van der Waals surface area contributed by atoms with Crippen molar-refractivity contribution in [2.75, 3.05) is 15.8 Å². The summed E-state index contributed by atoms with van der Waals surface area (Å²) in [6.45, 7) is 1.37. The lowest BCUT2D eigenvalue weighted by Gasteiger charge is -2.09. The van der Waals surface area contributed by atoms with Crippen LogP contribution in [0.4, 0.5) is 17.2 Å². The Morgan fingerprint density at radius 1 is 1.33 bits per heavy atom. The van der Waals surface area contributed by atoms with Crippen LogP contribution in [0.25, 0.3) is 0 Å². The highest BCUT2D eigenvalue weighted by atomic mass is 32.2. The van der Waals surface area contributed by atoms with Crippen molar-refractivity contribution < 1.29 is 13.2 Å². The Labute approximate surface area is 122 Å². The third-order valence-electron chi connectivity index (χ3n) is 2.55. The van der Waals surface area contributed by atoms with Gasteiger partial charge in [-0.3, -0.25) is 14.2 Å². The van der Waals surface area contributed by atoms with Crippen molar-refractivity contribution in [3.8, 4) is 0 Å². The van der Waals surface area contributed by atoms with Crippen molar-refractivity contribution in [2.24, 2.45) is 7.05 Å². The lowest BCUT2D eigenvalue weighted by atomic mass is 10.3. The molecule has 112 valence electrons. The largest absolute Gasteiger partial charge is 0.381 e. The second-order valence-electron chi connectivity index (χ2n) is 4.42. The van der Waals surface area contributed by atoms with Crippen LogP contribution in [0, 0.1) is 0 Å². The fourth-order valence-corrected chi connectivity index (χ4v) is 2.92. The van der Waals surface area contributed by atoms with Gasteiger partial charge >= 0.3 is 0 Å². The van der Waals surface area contributed by atoms with Crippen LogP contribution in [0.2, 0.25) is 0 Å². The summed E-state index contributed by atoms with van der Waals surface area (Å²) in [6, 6.07) is 6.34. The molecule has 4 N–H and O–H groups in total. The van der Waals surface area contributed by atoms with Crippen LogP contribution >= 0.6 is 0 Å². The first-order valence-electron chi connectivity index (χ1n) is 5.97. The van der Waals surface area contributed by atoms with E-state index in [-0.39, 0.29) is 16.6 Å². The molecule has 1 amide bonds. The molecule has 8 nitrogen and oxygen atoms in total. The van der Waals surface area contributed by atoms with Crippen molar-refractivity contribution in [1.29, 1.82) is 0 Å². The van der Waals surface area contributed by atoms with Crippen molar-refractivity contribution in [1.82, 2.24) is 9.78 Å². The molecule has 0 aliphatic rings. The maximum Gasteiger partial charge on any atom is 0.267 e. The standard InChI is InChI=1S/C12H15N5O3S/c1-8(18)14-9-4-3-5-10(6-9)16-21(19,20)11-7-17(2)15-12(11)13/h3-7,16H,1-2H3,(H2,13,15)(H,14,18). The van der Waals surface area contributed by atoms with E-state index in [9.17, 15) is 13.2 Å². The number of amides is 1. The van der Waals surface area contributed by atoms with Gasteiger partial charge in [0.2, 0.25) is 5.91 Å². The zero-order valence-corrected chi connectivity index (χ0v) is 12.3. The molecule has 2 rings (SSSR count). The van der Waals surface area contributed by atoms with Gasteiger partial charge < -0.3 is 11.1 Å². The number of nitrogens with two attached hydrogens (primary N) is 1. The predicted octanol–water partition coefficient (Wildman–Crippen LogP) is 0.761. The lowest BCUT2D eigenvalue weighted by Crippen LogP contribution is -2.14. The first kappa shape index (κ1) is 14.9. The van der Waals surface area contributed by atoms with E-state index in [2.05, 4.69) is 15.1 Å². The zero-order valence-electron chi connectivity index (χ0n) is 11.5. The monoisotopic (exact) mass is 309 g/mol. The summed E-state index contributed by atoms with van der Waals surface area (Å²) in [6.07, 6.45) is 1.31. The van der Waals surface area contributed by atoms with Gasteiger partial charge in [-0.25, -0.2) is 8.42 Å². The van der Waals surface area contributed by atoms with E-state index in [1.54, 1.807) is 25.2 Å². The zero-order chi connectivity index (χ0) is 15.6. The maximum absolute atomic E-state index is 12.2. The van der Waals surface area contributed by atoms with Crippen LogP contribution < -0.4 is 15.8 Å². The third-order valence-corrected chi connectivity index (χ3v) is 3.94. The molecule has 0 fully saturated rings. The van der Waals surface area contributed by atoms with E-state index in [1.807, 2.05) is 0 Å². The van der Waals surface area contributed by atoms with E-state index in [4.69, 9.17) is 5.73 Å². The summed E-state index contributed by atoms with van der Waals surface area (Å²) in [5.74, 6) is -0.325. The van der Waals surface area contributed by atoms with Crippen molar-refractivity contribution >= 4 is 33.1 Å². The van der Waals surface area contributed by atoms with Gasteiger partial charge in [-0.1, -0.05) is 6.07 Å². The molecule has 1 aromatic carbocycles. The number of carbonyl (C=O) groups excluding carboxylic acids is 1. The van der Waals surface area contributed by atoms with Gasteiger partial charge in [0, 0.05) is 25.9 Å². The number of nitrogen functional groups attached to an aromatic ring is 1. The van der Waals surface area contributed by atoms with Crippen LogP contribution in [-0.4, -0.2) is 24.1 Å². The minimum atomic E-state index is -3.84. The van der Waals surface area contributed by atoms with Gasteiger partial charge in [-0.05, 0) is 18.2 Å². The number of rotatable bonds is 4. The number of nitrogens with one attached hydrogen (secondary N) is 2. The fourth-order valence-electron chi connectivity index (χ4n) is 1.76. The number of hydrogen-bond acceptors (Lipinski definition) is 5. The van der Waals surface area contributed by atoms with Gasteiger partial charge in [0.1, 0.15) is 4.90 Å². The summed E-state index contributed by atoms with van der Waals surface area (Å²) < 4.78 is 28.2. The maximum atomic E-state index is 12.2. The van der Waals surface area contributed by atoms with Gasteiger partial charge in [-0.15, -0.1) is 0 Å². The molecule has 0 saturated heterocycles. The average molecular weight is 309 g/mol. The molecule has 21 heavy (non-hydrogen) atoms. The summed E-state index contributed by atoms with van der Waals surface area (Å²) >= 11 is 0. The van der Waals surface area contributed by atoms with Gasteiger partial charge in [-0.2, -0.15) is 5.10 Å². The van der Waals surface area contributed by atoms with E-state index < -0.39 is 10.0 Å². The van der Waals surface area contributed by atoms with Gasteiger partial charge in [0.15, 0.2) is 5.82 Å². The molecule has 0 unspecified atom stereocenters. The topological polar surface area (TPSA) is 119 Å². The molecule has 2 aromatic rings. The molecule has 0 aliphatic heterocycles. The Hall–Kier alpha value is -2.55. The number of aryl methyl sites for hydroxylation is 1. The highest BCUT2D eigenvalue weighted by Crippen LogP contribution is 2.22. The smallest absolute Gasteiger partial charge is 0.267 e. The minimum Gasteiger partial charge on any atom is -0.381 e. The number of carbonyl (C=O) groups is 1. The van der Waals surface area contributed by atoms with Gasteiger partial charge in [0.25, 0.3) is 10.0 Å². The average Bonchev–Trinajstić information content (AvgIpc) is 2.68. The van der Waals surface area contributed by atoms with E-state index >= 15 is 0 Å². The number of aromatic nitrogens is 2. The second-order valence-corrected chi connectivity index (χ2v) is 6.07. The van der Waals surface area contributed by atoms with E-state index in [0.717, 1.165) is 0 Å². The molecular formula is C12H15N5O3S. The third kappa shape index (κ3) is 3.51. The number of nitrogens with zero attached hydrogens (tertiary/aromatic N) is 2. The van der Waals surface area contributed by atoms with Crippen molar-refractivity contribution in [2.45, 2.75) is 11.8 Å². The molecule has 0 radical (unpaired) electrons. The summed E-state index contributed by atoms with van der Waals surface area (Å²) in [5.41, 5.74) is 6.37. The van der Waals surface area contributed by atoms with Crippen LogP contribution in [-0.2, 0) is 21.9 Å². The van der Waals surface area contributed by atoms with Crippen molar-refractivity contribution in [3.05, 3.63) is 30.5 Å². The number of benzene rings is 1.